The molecular weight excluding hydrogens is 616 g/mol. The molecule has 1 fully saturated rings. The number of amides is 1. The molecule has 1 atom stereocenters. The van der Waals surface area contributed by atoms with Crippen LogP contribution >= 0.6 is 0 Å². The van der Waals surface area contributed by atoms with Gasteiger partial charge in [0.15, 0.2) is 11.2 Å². The van der Waals surface area contributed by atoms with Crippen molar-refractivity contribution in [2.75, 3.05) is 37.0 Å². The SMILES string of the molecule is CC#CCn1c(N2CCC[C@@H](NC(=O)OC(C)(C)C)C2)nc2c1c(=O)n(Cc1nc(NC)ccc1C(=O)OCCCCCC)c(=O)n2C. The molecule has 0 spiro atoms. The molecule has 260 valence electrons. The van der Waals surface area contributed by atoms with Gasteiger partial charge in [-0.05, 0) is 59.1 Å². The third-order valence-electron chi connectivity index (χ3n) is 8.04. The molecule has 0 aromatic carbocycles. The number of anilines is 2. The van der Waals surface area contributed by atoms with Crippen LogP contribution < -0.4 is 26.8 Å². The van der Waals surface area contributed by atoms with E-state index in [1.807, 2.05) is 25.7 Å². The Kier molecular flexibility index (Phi) is 11.9. The molecule has 0 aliphatic carbocycles. The van der Waals surface area contributed by atoms with Gasteiger partial charge in [-0.2, -0.15) is 4.98 Å². The topological polar surface area (TPSA) is 155 Å². The second-order valence-electron chi connectivity index (χ2n) is 12.9. The van der Waals surface area contributed by atoms with E-state index >= 15 is 0 Å². The van der Waals surface area contributed by atoms with Crippen molar-refractivity contribution in [2.45, 2.75) is 97.9 Å². The normalized spacial score (nSPS) is 14.7. The molecule has 1 saturated heterocycles. The van der Waals surface area contributed by atoms with E-state index in [2.05, 4.69) is 34.4 Å². The molecule has 1 aliphatic heterocycles. The van der Waals surface area contributed by atoms with Crippen LogP contribution in [0.3, 0.4) is 0 Å². The lowest BCUT2D eigenvalue weighted by Crippen LogP contribution is -2.49. The van der Waals surface area contributed by atoms with Crippen LogP contribution in [0.5, 0.6) is 0 Å². The van der Waals surface area contributed by atoms with Crippen LogP contribution in [0.1, 0.15) is 89.2 Å². The number of piperidine rings is 1. The lowest BCUT2D eigenvalue weighted by Gasteiger charge is -2.34. The fourth-order valence-corrected chi connectivity index (χ4v) is 5.67. The number of rotatable bonds is 12. The quantitative estimate of drug-likeness (QED) is 0.167. The standard InChI is InChI=1S/C34H48N8O6/c1-8-10-12-13-20-47-30(44)24-16-17-26(35-6)37-25(24)22-42-29(43)27-28(39(7)33(42)46)38-31(41(27)19-11-9-2)40-18-14-15-23(21-40)36-32(45)48-34(3,4)5/h16-17,23H,8,10,12-15,18-22H2,1-7H3,(H,35,37)(H,36,45)/t23-/m1/s1. The summed E-state index contributed by atoms with van der Waals surface area (Å²) in [4.78, 5) is 64.9. The second kappa shape index (κ2) is 15.9. The van der Waals surface area contributed by atoms with Crippen LogP contribution in [-0.2, 0) is 29.6 Å². The molecule has 0 unspecified atom stereocenters. The molecule has 0 bridgehead atoms. The molecule has 48 heavy (non-hydrogen) atoms. The third kappa shape index (κ3) is 8.56. The van der Waals surface area contributed by atoms with Gasteiger partial charge in [0.2, 0.25) is 5.95 Å². The Morgan fingerprint density at radius 2 is 1.88 bits per heavy atom. The number of hydrogen-bond donors (Lipinski definition) is 2. The van der Waals surface area contributed by atoms with Crippen molar-refractivity contribution in [1.29, 1.82) is 0 Å². The maximum absolute atomic E-state index is 14.2. The predicted octanol–water partition coefficient (Wildman–Crippen LogP) is 3.64. The van der Waals surface area contributed by atoms with Crippen LogP contribution in [0.25, 0.3) is 11.2 Å². The number of imidazole rings is 1. The minimum Gasteiger partial charge on any atom is -0.462 e. The first-order valence-corrected chi connectivity index (χ1v) is 16.6. The molecule has 1 amide bonds. The minimum atomic E-state index is -0.630. The van der Waals surface area contributed by atoms with Crippen LogP contribution in [0.4, 0.5) is 16.6 Å². The third-order valence-corrected chi connectivity index (χ3v) is 8.04. The van der Waals surface area contributed by atoms with E-state index in [1.54, 1.807) is 37.7 Å². The van der Waals surface area contributed by atoms with Gasteiger partial charge in [0.25, 0.3) is 5.56 Å². The molecule has 0 saturated carbocycles. The Morgan fingerprint density at radius 1 is 1.10 bits per heavy atom. The van der Waals surface area contributed by atoms with Crippen molar-refractivity contribution < 1.29 is 19.1 Å². The zero-order chi connectivity index (χ0) is 35.0. The van der Waals surface area contributed by atoms with Crippen molar-refractivity contribution >= 4 is 35.0 Å². The number of carbonyl (C=O) groups is 2. The van der Waals surface area contributed by atoms with Crippen LogP contribution in [0.15, 0.2) is 21.7 Å². The highest BCUT2D eigenvalue weighted by molar-refractivity contribution is 5.91. The first-order chi connectivity index (χ1) is 22.9. The number of aromatic nitrogens is 5. The number of nitrogens with one attached hydrogen (secondary N) is 2. The van der Waals surface area contributed by atoms with Crippen molar-refractivity contribution in [3.05, 3.63) is 44.2 Å². The number of ether oxygens (including phenoxy) is 2. The zero-order valence-electron chi connectivity index (χ0n) is 29.1. The molecule has 1 aliphatic rings. The Morgan fingerprint density at radius 3 is 2.56 bits per heavy atom. The van der Waals surface area contributed by atoms with Gasteiger partial charge in [0.1, 0.15) is 11.4 Å². The Hall–Kier alpha value is -4.80. The van der Waals surface area contributed by atoms with Gasteiger partial charge in [0, 0.05) is 33.2 Å². The molecule has 4 rings (SSSR count). The number of unbranched alkanes of at least 4 members (excludes halogenated alkanes) is 3. The number of alkyl carbamates (subject to hydrolysis) is 1. The van der Waals surface area contributed by atoms with E-state index in [0.717, 1.165) is 43.1 Å². The molecule has 14 heteroatoms. The average molecular weight is 665 g/mol. The number of hydrogen-bond acceptors (Lipinski definition) is 10. The lowest BCUT2D eigenvalue weighted by atomic mass is 10.1. The Labute approximate surface area is 280 Å². The van der Waals surface area contributed by atoms with E-state index in [4.69, 9.17) is 14.5 Å². The monoisotopic (exact) mass is 664 g/mol. The number of pyridine rings is 1. The highest BCUT2D eigenvalue weighted by Gasteiger charge is 2.29. The van der Waals surface area contributed by atoms with Crippen molar-refractivity contribution in [2.24, 2.45) is 7.05 Å². The van der Waals surface area contributed by atoms with Crippen LogP contribution in [0.2, 0.25) is 0 Å². The van der Waals surface area contributed by atoms with E-state index in [0.29, 0.717) is 24.9 Å². The molecule has 14 nitrogen and oxygen atoms in total. The molecule has 0 radical (unpaired) electrons. The van der Waals surface area contributed by atoms with Crippen molar-refractivity contribution in [1.82, 2.24) is 29.0 Å². The van der Waals surface area contributed by atoms with E-state index in [9.17, 15) is 19.2 Å². The van der Waals surface area contributed by atoms with Gasteiger partial charge < -0.3 is 25.0 Å². The maximum atomic E-state index is 14.2. The predicted molar refractivity (Wildman–Crippen MR) is 185 cm³/mol. The fraction of sp³-hybridized carbons (Fsp3) is 0.588. The van der Waals surface area contributed by atoms with E-state index in [-0.39, 0.29) is 48.2 Å². The number of esters is 1. The highest BCUT2D eigenvalue weighted by Crippen LogP contribution is 2.24. The van der Waals surface area contributed by atoms with Crippen LogP contribution in [-0.4, -0.2) is 74.1 Å². The summed E-state index contributed by atoms with van der Waals surface area (Å²) in [5, 5.41) is 5.90. The molecule has 2 N–H and O–H groups in total. The molecule has 3 aromatic heterocycles. The first-order valence-electron chi connectivity index (χ1n) is 16.6. The van der Waals surface area contributed by atoms with Gasteiger partial charge in [-0.25, -0.2) is 19.4 Å². The summed E-state index contributed by atoms with van der Waals surface area (Å²) in [7, 11) is 3.25. The number of carbonyl (C=O) groups excluding carboxylic acids is 2. The Bertz CT molecular complexity index is 1810. The fourth-order valence-electron chi connectivity index (χ4n) is 5.67. The molecular formula is C34H48N8O6. The summed E-state index contributed by atoms with van der Waals surface area (Å²) in [5.74, 6) is 6.29. The van der Waals surface area contributed by atoms with Crippen LogP contribution in [0, 0.1) is 11.8 Å². The smallest absolute Gasteiger partial charge is 0.407 e. The van der Waals surface area contributed by atoms with Gasteiger partial charge in [-0.1, -0.05) is 32.1 Å². The zero-order valence-corrected chi connectivity index (χ0v) is 29.1. The minimum absolute atomic E-state index is 0.152. The number of aryl methyl sites for hydroxylation is 1. The number of fused-ring (bicyclic) bond motifs is 1. The van der Waals surface area contributed by atoms with Gasteiger partial charge in [-0.3, -0.25) is 18.5 Å². The average Bonchev–Trinajstić information content (AvgIpc) is 3.43. The second-order valence-corrected chi connectivity index (χ2v) is 12.9. The highest BCUT2D eigenvalue weighted by atomic mass is 16.6. The van der Waals surface area contributed by atoms with E-state index in [1.165, 1.54) is 4.57 Å². The summed E-state index contributed by atoms with van der Waals surface area (Å²) < 4.78 is 15.1. The summed E-state index contributed by atoms with van der Waals surface area (Å²) in [5.41, 5.74) is -1.01. The summed E-state index contributed by atoms with van der Waals surface area (Å²) in [6.45, 7) is 10.5. The van der Waals surface area contributed by atoms with Crippen molar-refractivity contribution in [3.63, 3.8) is 0 Å². The largest absolute Gasteiger partial charge is 0.462 e. The van der Waals surface area contributed by atoms with Crippen molar-refractivity contribution in [3.8, 4) is 11.8 Å². The van der Waals surface area contributed by atoms with Gasteiger partial charge >= 0.3 is 17.8 Å². The Balaban J connectivity index is 1.73. The molecule has 4 heterocycles. The number of nitrogens with zero attached hydrogens (tertiary/aromatic N) is 6. The van der Waals surface area contributed by atoms with E-state index < -0.39 is 28.9 Å². The summed E-state index contributed by atoms with van der Waals surface area (Å²) in [6.07, 6.45) is 4.83. The van der Waals surface area contributed by atoms with Gasteiger partial charge in [0.05, 0.1) is 31.0 Å². The first kappa shape index (κ1) is 36.0. The summed E-state index contributed by atoms with van der Waals surface area (Å²) in [6, 6.07) is 3.03. The maximum Gasteiger partial charge on any atom is 0.407 e. The van der Waals surface area contributed by atoms with Gasteiger partial charge in [-0.15, -0.1) is 5.92 Å². The lowest BCUT2D eigenvalue weighted by molar-refractivity contribution is 0.0487. The molecule has 3 aromatic rings. The summed E-state index contributed by atoms with van der Waals surface area (Å²) >= 11 is 0.